The molecule has 1 aliphatic heterocycles. The van der Waals surface area contributed by atoms with Crippen molar-refractivity contribution in [2.24, 2.45) is 5.92 Å². The smallest absolute Gasteiger partial charge is 0.128 e. The third-order valence-electron chi connectivity index (χ3n) is 7.12. The van der Waals surface area contributed by atoms with Crippen molar-refractivity contribution in [2.75, 3.05) is 19.6 Å². The number of benzene rings is 1. The van der Waals surface area contributed by atoms with Crippen LogP contribution >= 0.6 is 15.9 Å². The first-order chi connectivity index (χ1) is 17.8. The Morgan fingerprint density at radius 2 is 1.84 bits per heavy atom. The Morgan fingerprint density at radius 1 is 1.16 bits per heavy atom. The Hall–Kier alpha value is -3.05. The van der Waals surface area contributed by atoms with Gasteiger partial charge in [-0.1, -0.05) is 74.7 Å². The van der Waals surface area contributed by atoms with Gasteiger partial charge in [-0.05, 0) is 90.2 Å². The van der Waals surface area contributed by atoms with Crippen LogP contribution in [0.5, 0.6) is 0 Å². The molecule has 1 aliphatic rings. The second kappa shape index (κ2) is 13.5. The van der Waals surface area contributed by atoms with Crippen LogP contribution in [0.4, 0.5) is 0 Å². The summed E-state index contributed by atoms with van der Waals surface area (Å²) in [6.45, 7) is 24.0. The Balaban J connectivity index is 1.71. The van der Waals surface area contributed by atoms with Crippen LogP contribution in [-0.4, -0.2) is 34.3 Å². The van der Waals surface area contributed by atoms with Gasteiger partial charge >= 0.3 is 0 Å². The predicted molar refractivity (Wildman–Crippen MR) is 163 cm³/mol. The standard InChI is InChI=1S/C32H41BrN4/c1-8-11-28(9-2)30(10-3)24(5)20-32(37-26(7)31(33)22-35-37)34-21-27-16-18-36(19-17-27)25(6)29-14-12-23(4)13-15-29/h8,10-15,20,22,27,34H,1,5-6,9,16-19,21H2,2-4,7H3/b28-11-,30-10-,32-20-. The highest BCUT2D eigenvalue weighted by atomic mass is 79.9. The number of aromatic nitrogens is 2. The Morgan fingerprint density at radius 3 is 2.38 bits per heavy atom. The van der Waals surface area contributed by atoms with E-state index in [0.29, 0.717) is 5.92 Å². The summed E-state index contributed by atoms with van der Waals surface area (Å²) in [5.74, 6) is 1.51. The monoisotopic (exact) mass is 560 g/mol. The molecule has 0 atom stereocenters. The third-order valence-corrected chi connectivity index (χ3v) is 7.90. The lowest BCUT2D eigenvalue weighted by Gasteiger charge is -2.35. The van der Waals surface area contributed by atoms with Gasteiger partial charge < -0.3 is 10.2 Å². The molecule has 3 rings (SSSR count). The van der Waals surface area contributed by atoms with Crippen molar-refractivity contribution in [1.82, 2.24) is 20.0 Å². The third kappa shape index (κ3) is 7.26. The fourth-order valence-electron chi connectivity index (χ4n) is 4.76. The van der Waals surface area contributed by atoms with Crippen LogP contribution in [0.1, 0.15) is 49.9 Å². The lowest BCUT2D eigenvalue weighted by atomic mass is 9.95. The average Bonchev–Trinajstić information content (AvgIpc) is 3.24. The number of halogens is 1. The topological polar surface area (TPSA) is 33.1 Å². The summed E-state index contributed by atoms with van der Waals surface area (Å²) in [4.78, 5) is 2.42. The Kier molecular flexibility index (Phi) is 10.4. The molecule has 1 aromatic heterocycles. The van der Waals surface area contributed by atoms with Gasteiger partial charge in [-0.3, -0.25) is 0 Å². The first-order valence-electron chi connectivity index (χ1n) is 13.1. The molecule has 2 heterocycles. The number of likely N-dealkylation sites (tertiary alicyclic amines) is 1. The van der Waals surface area contributed by atoms with Crippen LogP contribution < -0.4 is 5.32 Å². The highest BCUT2D eigenvalue weighted by molar-refractivity contribution is 9.10. The maximum Gasteiger partial charge on any atom is 0.128 e. The highest BCUT2D eigenvalue weighted by Gasteiger charge is 2.21. The maximum absolute atomic E-state index is 4.62. The van der Waals surface area contributed by atoms with E-state index >= 15 is 0 Å². The second-order valence-electron chi connectivity index (χ2n) is 9.65. The maximum atomic E-state index is 4.62. The molecule has 1 aromatic carbocycles. The summed E-state index contributed by atoms with van der Waals surface area (Å²) in [6, 6.07) is 8.66. The van der Waals surface area contributed by atoms with E-state index in [1.807, 2.05) is 17.0 Å². The van der Waals surface area contributed by atoms with E-state index in [2.05, 4.69) is 121 Å². The molecular weight excluding hydrogens is 520 g/mol. The minimum absolute atomic E-state index is 0.575. The van der Waals surface area contributed by atoms with Gasteiger partial charge in [-0.2, -0.15) is 5.10 Å². The van der Waals surface area contributed by atoms with Crippen LogP contribution in [0, 0.1) is 19.8 Å². The number of aryl methyl sites for hydroxylation is 1. The molecule has 196 valence electrons. The molecule has 2 aromatic rings. The largest absolute Gasteiger partial charge is 0.372 e. The fourth-order valence-corrected chi connectivity index (χ4v) is 5.02. The van der Waals surface area contributed by atoms with E-state index in [1.54, 1.807) is 0 Å². The number of piperidine rings is 1. The summed E-state index contributed by atoms with van der Waals surface area (Å²) in [6.07, 6.45) is 13.1. The number of allylic oxidation sites excluding steroid dienone is 7. The van der Waals surface area contributed by atoms with Gasteiger partial charge in [0.15, 0.2) is 0 Å². The molecule has 37 heavy (non-hydrogen) atoms. The number of rotatable bonds is 11. The molecule has 0 amide bonds. The van der Waals surface area contributed by atoms with E-state index in [-0.39, 0.29) is 0 Å². The molecule has 4 nitrogen and oxygen atoms in total. The molecule has 0 bridgehead atoms. The summed E-state index contributed by atoms with van der Waals surface area (Å²) >= 11 is 3.61. The van der Waals surface area contributed by atoms with Crippen molar-refractivity contribution < 1.29 is 0 Å². The van der Waals surface area contributed by atoms with Gasteiger partial charge in [-0.25, -0.2) is 4.68 Å². The molecule has 0 unspecified atom stereocenters. The molecule has 0 radical (unpaired) electrons. The fraction of sp³-hybridized carbons (Fsp3) is 0.344. The van der Waals surface area contributed by atoms with Gasteiger partial charge in [0.1, 0.15) is 5.82 Å². The predicted octanol–water partition coefficient (Wildman–Crippen LogP) is 8.06. The molecule has 1 fully saturated rings. The lowest BCUT2D eigenvalue weighted by Crippen LogP contribution is -2.36. The molecule has 0 aliphatic carbocycles. The lowest BCUT2D eigenvalue weighted by molar-refractivity contribution is 0.254. The van der Waals surface area contributed by atoms with Gasteiger partial charge in [0, 0.05) is 25.3 Å². The summed E-state index contributed by atoms with van der Waals surface area (Å²) in [5, 5.41) is 8.33. The summed E-state index contributed by atoms with van der Waals surface area (Å²) in [5.41, 5.74) is 7.97. The first-order valence-corrected chi connectivity index (χ1v) is 13.9. The van der Waals surface area contributed by atoms with E-state index in [4.69, 9.17) is 0 Å². The number of hydrogen-bond acceptors (Lipinski definition) is 3. The van der Waals surface area contributed by atoms with Crippen molar-refractivity contribution in [1.29, 1.82) is 0 Å². The number of hydrogen-bond donors (Lipinski definition) is 1. The van der Waals surface area contributed by atoms with Crippen molar-refractivity contribution in [3.8, 4) is 0 Å². The van der Waals surface area contributed by atoms with Crippen LogP contribution in [-0.2, 0) is 0 Å². The van der Waals surface area contributed by atoms with E-state index in [9.17, 15) is 0 Å². The quantitative estimate of drug-likeness (QED) is 0.282. The van der Waals surface area contributed by atoms with Gasteiger partial charge in [-0.15, -0.1) is 0 Å². The number of nitrogens with one attached hydrogen (secondary N) is 1. The second-order valence-corrected chi connectivity index (χ2v) is 10.5. The van der Waals surface area contributed by atoms with E-state index in [0.717, 1.165) is 71.7 Å². The van der Waals surface area contributed by atoms with Gasteiger partial charge in [0.25, 0.3) is 0 Å². The molecule has 0 spiro atoms. The zero-order valence-corrected chi connectivity index (χ0v) is 24.4. The Labute approximate surface area is 232 Å². The van der Waals surface area contributed by atoms with Crippen LogP contribution in [0.3, 0.4) is 0 Å². The van der Waals surface area contributed by atoms with Crippen LogP contribution in [0.2, 0.25) is 0 Å². The van der Waals surface area contributed by atoms with Gasteiger partial charge in [0.2, 0.25) is 0 Å². The van der Waals surface area contributed by atoms with Crippen LogP contribution in [0.25, 0.3) is 11.5 Å². The van der Waals surface area contributed by atoms with Crippen molar-refractivity contribution >= 4 is 27.4 Å². The SMILES string of the molecule is C=C/C=C(CC)\C(=C/C)C(=C)/C=C(/NCC1CCN(C(=C)c2ccc(C)cc2)CC1)n1ncc(Br)c1C. The van der Waals surface area contributed by atoms with Gasteiger partial charge in [0.05, 0.1) is 16.4 Å². The van der Waals surface area contributed by atoms with Crippen LogP contribution in [0.15, 0.2) is 95.7 Å². The first kappa shape index (κ1) is 28.5. The van der Waals surface area contributed by atoms with Crippen molar-refractivity contribution in [2.45, 2.75) is 47.0 Å². The minimum Gasteiger partial charge on any atom is -0.372 e. The zero-order valence-electron chi connectivity index (χ0n) is 22.9. The molecule has 5 heteroatoms. The summed E-state index contributed by atoms with van der Waals surface area (Å²) < 4.78 is 2.94. The molecule has 1 N–H and O–H groups in total. The normalized spacial score (nSPS) is 15.6. The molecule has 1 saturated heterocycles. The number of nitrogens with zero attached hydrogens (tertiary/aromatic N) is 3. The summed E-state index contributed by atoms with van der Waals surface area (Å²) in [7, 11) is 0. The average molecular weight is 562 g/mol. The zero-order chi connectivity index (χ0) is 26.9. The highest BCUT2D eigenvalue weighted by Crippen LogP contribution is 2.27. The van der Waals surface area contributed by atoms with E-state index < -0.39 is 0 Å². The Bertz CT molecular complexity index is 1200. The molecule has 0 saturated carbocycles. The van der Waals surface area contributed by atoms with Crippen molar-refractivity contribution in [3.05, 3.63) is 113 Å². The van der Waals surface area contributed by atoms with Crippen molar-refractivity contribution in [3.63, 3.8) is 0 Å². The van der Waals surface area contributed by atoms with E-state index in [1.165, 1.54) is 16.7 Å². The minimum atomic E-state index is 0.575. The molecular formula is C32H41BrN4.